The molecule has 2 heterocycles. The van der Waals surface area contributed by atoms with Crippen LogP contribution in [-0.2, 0) is 0 Å². The molecule has 1 aromatic heterocycles. The Hall–Kier alpha value is -1.16. The van der Waals surface area contributed by atoms with Crippen molar-refractivity contribution in [2.75, 3.05) is 18.0 Å². The summed E-state index contributed by atoms with van der Waals surface area (Å²) in [5.41, 5.74) is 1.39. The van der Waals surface area contributed by atoms with Gasteiger partial charge in [-0.2, -0.15) is 0 Å². The van der Waals surface area contributed by atoms with Gasteiger partial charge in [0.2, 0.25) is 0 Å². The van der Waals surface area contributed by atoms with E-state index in [2.05, 4.69) is 41.0 Å². The summed E-state index contributed by atoms with van der Waals surface area (Å²) in [6.07, 6.45) is 8.91. The van der Waals surface area contributed by atoms with Gasteiger partial charge < -0.3 is 10.2 Å². The lowest BCUT2D eigenvalue weighted by atomic mass is 9.88. The van der Waals surface area contributed by atoms with Gasteiger partial charge in [0, 0.05) is 24.7 Å². The molecule has 0 aliphatic carbocycles. The molecular formula is C14H24N4. The van der Waals surface area contributed by atoms with Crippen LogP contribution in [0.4, 0.5) is 5.69 Å². The Morgan fingerprint density at radius 1 is 1.28 bits per heavy atom. The number of hydrogen-bond donors (Lipinski definition) is 1. The summed E-state index contributed by atoms with van der Waals surface area (Å²) >= 11 is 0. The van der Waals surface area contributed by atoms with Crippen LogP contribution in [0.25, 0.3) is 0 Å². The molecule has 0 aromatic carbocycles. The summed E-state index contributed by atoms with van der Waals surface area (Å²) in [6, 6.07) is 0.544. The van der Waals surface area contributed by atoms with E-state index in [0.29, 0.717) is 6.04 Å². The van der Waals surface area contributed by atoms with Crippen molar-refractivity contribution in [3.8, 4) is 0 Å². The van der Waals surface area contributed by atoms with Crippen molar-refractivity contribution in [3.05, 3.63) is 18.7 Å². The van der Waals surface area contributed by atoms with E-state index >= 15 is 0 Å². The van der Waals surface area contributed by atoms with Crippen molar-refractivity contribution in [2.45, 2.75) is 51.6 Å². The molecular weight excluding hydrogens is 224 g/mol. The summed E-state index contributed by atoms with van der Waals surface area (Å²) in [4.78, 5) is 10.8. The van der Waals surface area contributed by atoms with Crippen molar-refractivity contribution in [3.63, 3.8) is 0 Å². The molecule has 1 N–H and O–H groups in total. The molecule has 2 rings (SSSR count). The van der Waals surface area contributed by atoms with Crippen LogP contribution in [0.5, 0.6) is 0 Å². The maximum absolute atomic E-state index is 4.15. The first-order valence-corrected chi connectivity index (χ1v) is 7.01. The Kier molecular flexibility index (Phi) is 4.17. The highest BCUT2D eigenvalue weighted by molar-refractivity contribution is 5.44. The Balaban J connectivity index is 2.23. The second kappa shape index (κ2) is 5.65. The normalized spacial score (nSPS) is 23.1. The maximum Gasteiger partial charge on any atom is 0.115 e. The second-order valence-corrected chi connectivity index (χ2v) is 5.15. The van der Waals surface area contributed by atoms with Crippen molar-refractivity contribution in [2.24, 2.45) is 0 Å². The third-order valence-electron chi connectivity index (χ3n) is 4.33. The average molecular weight is 248 g/mol. The van der Waals surface area contributed by atoms with Gasteiger partial charge in [-0.1, -0.05) is 20.8 Å². The van der Waals surface area contributed by atoms with E-state index in [-0.39, 0.29) is 5.54 Å². The standard InChI is InChI=1S/C14H24N4/c1-4-12-9-17-14(5-2,6-3)10-18(12)13-7-15-11-16-8-13/h7-8,11-12,17H,4-6,9-10H2,1-3H3. The number of hydrogen-bond acceptors (Lipinski definition) is 4. The van der Waals surface area contributed by atoms with Gasteiger partial charge in [0.25, 0.3) is 0 Å². The minimum atomic E-state index is 0.238. The Bertz CT molecular complexity index is 361. The zero-order valence-corrected chi connectivity index (χ0v) is 11.7. The van der Waals surface area contributed by atoms with Crippen LogP contribution in [0.1, 0.15) is 40.0 Å². The summed E-state index contributed by atoms with van der Waals surface area (Å²) in [5, 5.41) is 3.75. The fourth-order valence-electron chi connectivity index (χ4n) is 2.79. The van der Waals surface area contributed by atoms with E-state index in [1.165, 1.54) is 0 Å². The maximum atomic E-state index is 4.15. The second-order valence-electron chi connectivity index (χ2n) is 5.15. The highest BCUT2D eigenvalue weighted by atomic mass is 15.3. The van der Waals surface area contributed by atoms with Crippen LogP contribution < -0.4 is 10.2 Å². The van der Waals surface area contributed by atoms with E-state index in [1.54, 1.807) is 6.33 Å². The highest BCUT2D eigenvalue weighted by Gasteiger charge is 2.36. The third-order valence-corrected chi connectivity index (χ3v) is 4.33. The Labute approximate surface area is 110 Å². The van der Waals surface area contributed by atoms with Crippen LogP contribution in [0.15, 0.2) is 18.7 Å². The fourth-order valence-corrected chi connectivity index (χ4v) is 2.79. The third kappa shape index (κ3) is 2.48. The molecule has 100 valence electrons. The first-order valence-electron chi connectivity index (χ1n) is 7.01. The number of aromatic nitrogens is 2. The largest absolute Gasteiger partial charge is 0.363 e. The van der Waals surface area contributed by atoms with Crippen molar-refractivity contribution in [1.29, 1.82) is 0 Å². The molecule has 0 spiro atoms. The van der Waals surface area contributed by atoms with Crippen molar-refractivity contribution < 1.29 is 0 Å². The molecule has 1 aromatic rings. The number of nitrogens with one attached hydrogen (secondary N) is 1. The molecule has 0 saturated carbocycles. The van der Waals surface area contributed by atoms with Gasteiger partial charge in [-0.05, 0) is 19.3 Å². The van der Waals surface area contributed by atoms with Gasteiger partial charge in [-0.25, -0.2) is 9.97 Å². The van der Waals surface area contributed by atoms with E-state index in [0.717, 1.165) is 38.0 Å². The van der Waals surface area contributed by atoms with Crippen LogP contribution in [-0.4, -0.2) is 34.6 Å². The van der Waals surface area contributed by atoms with Crippen LogP contribution in [0, 0.1) is 0 Å². The zero-order chi connectivity index (χ0) is 13.0. The van der Waals surface area contributed by atoms with E-state index in [4.69, 9.17) is 0 Å². The fraction of sp³-hybridized carbons (Fsp3) is 0.714. The molecule has 1 aliphatic heterocycles. The number of anilines is 1. The van der Waals surface area contributed by atoms with Crippen LogP contribution in [0.2, 0.25) is 0 Å². The summed E-state index contributed by atoms with van der Waals surface area (Å²) in [7, 11) is 0. The molecule has 1 aliphatic rings. The first-order chi connectivity index (χ1) is 8.74. The summed E-state index contributed by atoms with van der Waals surface area (Å²) < 4.78 is 0. The molecule has 1 unspecified atom stereocenters. The van der Waals surface area contributed by atoms with E-state index in [1.807, 2.05) is 12.4 Å². The lowest BCUT2D eigenvalue weighted by molar-refractivity contribution is 0.246. The number of piperazine rings is 1. The van der Waals surface area contributed by atoms with Gasteiger partial charge in [0.1, 0.15) is 6.33 Å². The highest BCUT2D eigenvalue weighted by Crippen LogP contribution is 2.27. The molecule has 1 fully saturated rings. The molecule has 0 radical (unpaired) electrons. The van der Waals surface area contributed by atoms with Crippen molar-refractivity contribution in [1.82, 2.24) is 15.3 Å². The van der Waals surface area contributed by atoms with Crippen molar-refractivity contribution >= 4 is 5.69 Å². The molecule has 18 heavy (non-hydrogen) atoms. The number of nitrogens with zero attached hydrogens (tertiary/aromatic N) is 3. The lowest BCUT2D eigenvalue weighted by Crippen LogP contribution is -2.64. The molecule has 0 bridgehead atoms. The van der Waals surface area contributed by atoms with Gasteiger partial charge in [0.05, 0.1) is 18.1 Å². The summed E-state index contributed by atoms with van der Waals surface area (Å²) in [5.74, 6) is 0. The van der Waals surface area contributed by atoms with Gasteiger partial charge in [-0.15, -0.1) is 0 Å². The minimum absolute atomic E-state index is 0.238. The lowest BCUT2D eigenvalue weighted by Gasteiger charge is -2.48. The quantitative estimate of drug-likeness (QED) is 0.887. The molecule has 0 amide bonds. The molecule has 1 atom stereocenters. The molecule has 1 saturated heterocycles. The first kappa shape index (κ1) is 13.3. The topological polar surface area (TPSA) is 41.0 Å². The van der Waals surface area contributed by atoms with Crippen LogP contribution >= 0.6 is 0 Å². The average Bonchev–Trinajstić information content (AvgIpc) is 2.47. The monoisotopic (exact) mass is 248 g/mol. The van der Waals surface area contributed by atoms with Crippen LogP contribution in [0.3, 0.4) is 0 Å². The predicted octanol–water partition coefficient (Wildman–Crippen LogP) is 2.22. The molecule has 4 nitrogen and oxygen atoms in total. The SMILES string of the molecule is CCC1CNC(CC)(CC)CN1c1cncnc1. The van der Waals surface area contributed by atoms with E-state index in [9.17, 15) is 0 Å². The molecule has 4 heteroatoms. The Morgan fingerprint density at radius 3 is 2.50 bits per heavy atom. The number of rotatable bonds is 4. The predicted molar refractivity (Wildman–Crippen MR) is 74.8 cm³/mol. The van der Waals surface area contributed by atoms with Gasteiger partial charge in [-0.3, -0.25) is 0 Å². The minimum Gasteiger partial charge on any atom is -0.363 e. The summed E-state index contributed by atoms with van der Waals surface area (Å²) in [6.45, 7) is 8.87. The van der Waals surface area contributed by atoms with Gasteiger partial charge in [0.15, 0.2) is 0 Å². The Morgan fingerprint density at radius 2 is 1.94 bits per heavy atom. The zero-order valence-electron chi connectivity index (χ0n) is 11.7. The van der Waals surface area contributed by atoms with Gasteiger partial charge >= 0.3 is 0 Å². The smallest absolute Gasteiger partial charge is 0.115 e. The van der Waals surface area contributed by atoms with E-state index < -0.39 is 0 Å².